The summed E-state index contributed by atoms with van der Waals surface area (Å²) in [6.07, 6.45) is -0.888. The first-order valence-corrected chi connectivity index (χ1v) is 3.82. The average molecular weight is 162 g/mol. The van der Waals surface area contributed by atoms with Gasteiger partial charge in [0.05, 0.1) is 5.92 Å². The Kier molecular flexibility index (Phi) is 4.08. The van der Waals surface area contributed by atoms with Gasteiger partial charge in [-0.2, -0.15) is 0 Å². The maximum absolute atomic E-state index is 12.9. The lowest BCUT2D eigenvalue weighted by Gasteiger charge is -2.13. The molecule has 11 heavy (non-hydrogen) atoms. The summed E-state index contributed by atoms with van der Waals surface area (Å²) >= 11 is 0. The molecular formula is C8H15FO2. The lowest BCUT2D eigenvalue weighted by molar-refractivity contribution is -0.143. The zero-order valence-electron chi connectivity index (χ0n) is 7.17. The summed E-state index contributed by atoms with van der Waals surface area (Å²) in [5.41, 5.74) is 0. The third-order valence-electron chi connectivity index (χ3n) is 1.63. The molecule has 0 bridgehead atoms. The summed E-state index contributed by atoms with van der Waals surface area (Å²) in [7, 11) is 0. The molecule has 0 heterocycles. The molecular weight excluding hydrogens is 147 g/mol. The van der Waals surface area contributed by atoms with Crippen molar-refractivity contribution in [1.82, 2.24) is 0 Å². The lowest BCUT2D eigenvalue weighted by Crippen LogP contribution is -2.23. The summed E-state index contributed by atoms with van der Waals surface area (Å²) in [5.74, 6) is -1.72. The third kappa shape index (κ3) is 3.96. The van der Waals surface area contributed by atoms with Gasteiger partial charge in [0.2, 0.25) is 0 Å². The van der Waals surface area contributed by atoms with Gasteiger partial charge in [-0.1, -0.05) is 13.8 Å². The summed E-state index contributed by atoms with van der Waals surface area (Å²) < 4.78 is 12.9. The fraction of sp³-hybridized carbons (Fsp3) is 0.875. The van der Waals surface area contributed by atoms with Crippen LogP contribution in [0.15, 0.2) is 0 Å². The van der Waals surface area contributed by atoms with Crippen LogP contribution in [0.2, 0.25) is 0 Å². The first kappa shape index (κ1) is 10.4. The lowest BCUT2D eigenvalue weighted by atomic mass is 9.97. The second-order valence-corrected chi connectivity index (χ2v) is 3.27. The largest absolute Gasteiger partial charge is 0.481 e. The number of carboxylic acid groups (broad SMARTS) is 1. The second kappa shape index (κ2) is 4.31. The highest BCUT2D eigenvalue weighted by Crippen LogP contribution is 2.16. The van der Waals surface area contributed by atoms with Crippen molar-refractivity contribution in [2.45, 2.75) is 33.4 Å². The van der Waals surface area contributed by atoms with Crippen LogP contribution in [0, 0.1) is 11.8 Å². The van der Waals surface area contributed by atoms with Gasteiger partial charge >= 0.3 is 5.97 Å². The van der Waals surface area contributed by atoms with Crippen LogP contribution >= 0.6 is 0 Å². The second-order valence-electron chi connectivity index (χ2n) is 3.27. The highest BCUT2D eigenvalue weighted by atomic mass is 19.1. The van der Waals surface area contributed by atoms with Crippen LogP contribution in [-0.4, -0.2) is 17.2 Å². The minimum atomic E-state index is -1.22. The number of carboxylic acids is 1. The van der Waals surface area contributed by atoms with E-state index in [2.05, 4.69) is 0 Å². The number of halogens is 1. The van der Waals surface area contributed by atoms with Gasteiger partial charge < -0.3 is 5.11 Å². The molecule has 1 N–H and O–H groups in total. The Hall–Kier alpha value is -0.600. The minimum absolute atomic E-state index is 0.215. The first-order chi connectivity index (χ1) is 4.95. The fourth-order valence-electron chi connectivity index (χ4n) is 0.809. The average Bonchev–Trinajstić information content (AvgIpc) is 1.84. The van der Waals surface area contributed by atoms with Gasteiger partial charge in [0.1, 0.15) is 6.17 Å². The summed E-state index contributed by atoms with van der Waals surface area (Å²) in [6.45, 7) is 5.15. The van der Waals surface area contributed by atoms with Gasteiger partial charge in [-0.3, -0.25) is 4.79 Å². The monoisotopic (exact) mass is 162 g/mol. The van der Waals surface area contributed by atoms with Crippen LogP contribution < -0.4 is 0 Å². The summed E-state index contributed by atoms with van der Waals surface area (Å²) in [4.78, 5) is 10.3. The van der Waals surface area contributed by atoms with E-state index in [1.807, 2.05) is 13.8 Å². The molecule has 0 aliphatic heterocycles. The quantitative estimate of drug-likeness (QED) is 0.687. The maximum Gasteiger partial charge on any atom is 0.309 e. The van der Waals surface area contributed by atoms with E-state index in [0.29, 0.717) is 6.42 Å². The van der Waals surface area contributed by atoms with Gasteiger partial charge in [-0.05, 0) is 19.3 Å². The first-order valence-electron chi connectivity index (χ1n) is 3.82. The van der Waals surface area contributed by atoms with Crippen molar-refractivity contribution in [1.29, 1.82) is 0 Å². The van der Waals surface area contributed by atoms with Crippen LogP contribution in [0.5, 0.6) is 0 Å². The van der Waals surface area contributed by atoms with Gasteiger partial charge in [0.25, 0.3) is 0 Å². The van der Waals surface area contributed by atoms with Crippen LogP contribution in [-0.2, 0) is 4.79 Å². The van der Waals surface area contributed by atoms with Crippen molar-refractivity contribution in [3.05, 3.63) is 0 Å². The summed E-state index contributed by atoms with van der Waals surface area (Å²) in [6, 6.07) is 0. The molecule has 0 rings (SSSR count). The van der Waals surface area contributed by atoms with Crippen molar-refractivity contribution >= 4 is 5.97 Å². The van der Waals surface area contributed by atoms with E-state index in [9.17, 15) is 9.18 Å². The fourth-order valence-corrected chi connectivity index (χ4v) is 0.809. The molecule has 0 saturated carbocycles. The van der Waals surface area contributed by atoms with Crippen molar-refractivity contribution in [3.8, 4) is 0 Å². The zero-order chi connectivity index (χ0) is 9.02. The molecule has 3 heteroatoms. The molecule has 66 valence electrons. The Morgan fingerprint density at radius 1 is 1.45 bits per heavy atom. The van der Waals surface area contributed by atoms with Crippen molar-refractivity contribution in [2.75, 3.05) is 0 Å². The minimum Gasteiger partial charge on any atom is -0.481 e. The Labute approximate surface area is 66.4 Å². The Bertz CT molecular complexity index is 134. The van der Waals surface area contributed by atoms with E-state index >= 15 is 0 Å². The molecule has 0 radical (unpaired) electrons. The van der Waals surface area contributed by atoms with E-state index in [4.69, 9.17) is 5.11 Å². The highest BCUT2D eigenvalue weighted by molar-refractivity contribution is 5.70. The number of rotatable bonds is 4. The molecule has 0 aromatic heterocycles. The Morgan fingerprint density at radius 3 is 2.18 bits per heavy atom. The number of aliphatic carboxylic acids is 1. The highest BCUT2D eigenvalue weighted by Gasteiger charge is 2.23. The SMILES string of the molecule is CC(C)CC(F)C(C)C(=O)O. The van der Waals surface area contributed by atoms with E-state index in [1.165, 1.54) is 6.92 Å². The van der Waals surface area contributed by atoms with E-state index in [0.717, 1.165) is 0 Å². The maximum atomic E-state index is 12.9. The molecule has 2 nitrogen and oxygen atoms in total. The van der Waals surface area contributed by atoms with E-state index in [-0.39, 0.29) is 5.92 Å². The number of hydrogen-bond donors (Lipinski definition) is 1. The molecule has 0 amide bonds. The molecule has 0 aliphatic rings. The van der Waals surface area contributed by atoms with Crippen LogP contribution in [0.25, 0.3) is 0 Å². The van der Waals surface area contributed by atoms with Crippen LogP contribution in [0.1, 0.15) is 27.2 Å². The molecule has 2 unspecified atom stereocenters. The summed E-state index contributed by atoms with van der Waals surface area (Å²) in [5, 5.41) is 8.43. The van der Waals surface area contributed by atoms with Crippen molar-refractivity contribution in [3.63, 3.8) is 0 Å². The van der Waals surface area contributed by atoms with Crippen LogP contribution in [0.4, 0.5) is 4.39 Å². The number of hydrogen-bond acceptors (Lipinski definition) is 1. The van der Waals surface area contributed by atoms with Gasteiger partial charge in [-0.25, -0.2) is 4.39 Å². The van der Waals surface area contributed by atoms with Crippen molar-refractivity contribution in [2.24, 2.45) is 11.8 Å². The van der Waals surface area contributed by atoms with Gasteiger partial charge in [0, 0.05) is 0 Å². The Balaban J connectivity index is 3.82. The molecule has 0 spiro atoms. The topological polar surface area (TPSA) is 37.3 Å². The normalized spacial score (nSPS) is 16.5. The molecule has 0 fully saturated rings. The molecule has 0 aromatic rings. The predicted molar refractivity (Wildman–Crippen MR) is 41.2 cm³/mol. The predicted octanol–water partition coefficient (Wildman–Crippen LogP) is 2.09. The zero-order valence-corrected chi connectivity index (χ0v) is 7.17. The molecule has 0 saturated heterocycles. The van der Waals surface area contributed by atoms with Gasteiger partial charge in [0.15, 0.2) is 0 Å². The Morgan fingerprint density at radius 2 is 1.91 bits per heavy atom. The molecule has 0 aliphatic carbocycles. The number of carbonyl (C=O) groups is 1. The standard InChI is InChI=1S/C8H15FO2/c1-5(2)4-7(9)6(3)8(10)11/h5-7H,4H2,1-3H3,(H,10,11). The molecule has 2 atom stereocenters. The van der Waals surface area contributed by atoms with E-state index in [1.54, 1.807) is 0 Å². The van der Waals surface area contributed by atoms with E-state index < -0.39 is 18.1 Å². The van der Waals surface area contributed by atoms with Crippen molar-refractivity contribution < 1.29 is 14.3 Å². The molecule has 0 aromatic carbocycles. The third-order valence-corrected chi connectivity index (χ3v) is 1.63. The van der Waals surface area contributed by atoms with Gasteiger partial charge in [-0.15, -0.1) is 0 Å². The van der Waals surface area contributed by atoms with Crippen LogP contribution in [0.3, 0.4) is 0 Å². The number of alkyl halides is 1. The smallest absolute Gasteiger partial charge is 0.309 e.